The lowest BCUT2D eigenvalue weighted by Gasteiger charge is -2.11. The van der Waals surface area contributed by atoms with E-state index in [2.05, 4.69) is 20.6 Å². The van der Waals surface area contributed by atoms with Gasteiger partial charge in [0.15, 0.2) is 0 Å². The Labute approximate surface area is 122 Å². The van der Waals surface area contributed by atoms with E-state index in [9.17, 15) is 0 Å². The van der Waals surface area contributed by atoms with Crippen LogP contribution in [0.1, 0.15) is 5.56 Å². The Kier molecular flexibility index (Phi) is 3.10. The van der Waals surface area contributed by atoms with E-state index in [1.165, 1.54) is 0 Å². The molecule has 3 heterocycles. The van der Waals surface area contributed by atoms with Crippen molar-refractivity contribution in [1.82, 2.24) is 14.5 Å². The van der Waals surface area contributed by atoms with Crippen LogP contribution in [0, 0.1) is 6.92 Å². The molecule has 0 aliphatic heterocycles. The molecule has 3 aromatic rings. The topological polar surface area (TPSA) is 39.9 Å². The van der Waals surface area contributed by atoms with E-state index in [-0.39, 0.29) is 0 Å². The van der Waals surface area contributed by atoms with Crippen LogP contribution in [0.3, 0.4) is 0 Å². The van der Waals surface area contributed by atoms with Crippen molar-refractivity contribution in [1.29, 1.82) is 0 Å². The van der Waals surface area contributed by atoms with Crippen LogP contribution in [0.5, 0.6) is 5.88 Å². The quantitative estimate of drug-likeness (QED) is 0.676. The number of methoxy groups -OCH3 is 1. The van der Waals surface area contributed by atoms with Crippen molar-refractivity contribution in [3.63, 3.8) is 0 Å². The normalized spacial score (nSPS) is 11.0. The average Bonchev–Trinajstić information content (AvgIpc) is 2.74. The summed E-state index contributed by atoms with van der Waals surface area (Å²) in [6, 6.07) is 5.91. The van der Waals surface area contributed by atoms with E-state index in [0.717, 1.165) is 27.7 Å². The predicted octanol–water partition coefficient (Wildman–Crippen LogP) is 3.61. The molecule has 0 amide bonds. The van der Waals surface area contributed by atoms with Gasteiger partial charge in [0.05, 0.1) is 30.1 Å². The summed E-state index contributed by atoms with van der Waals surface area (Å²) in [5.74, 6) is 0.620. The first-order chi connectivity index (χ1) is 9.61. The zero-order valence-electron chi connectivity index (χ0n) is 11.5. The molecular formula is C15H14ClN3O. The van der Waals surface area contributed by atoms with Gasteiger partial charge in [-0.05, 0) is 30.7 Å². The summed E-state index contributed by atoms with van der Waals surface area (Å²) in [5, 5.41) is 1.54. The molecule has 5 heteroatoms. The van der Waals surface area contributed by atoms with Gasteiger partial charge in [0, 0.05) is 18.6 Å². The van der Waals surface area contributed by atoms with Gasteiger partial charge in [0.1, 0.15) is 5.15 Å². The van der Waals surface area contributed by atoms with Gasteiger partial charge in [-0.25, -0.2) is 9.97 Å². The number of aromatic nitrogens is 3. The maximum atomic E-state index is 5.96. The zero-order chi connectivity index (χ0) is 14.3. The second-order valence-electron chi connectivity index (χ2n) is 4.67. The van der Waals surface area contributed by atoms with Gasteiger partial charge in [-0.15, -0.1) is 0 Å². The van der Waals surface area contributed by atoms with Crippen molar-refractivity contribution in [2.45, 2.75) is 6.92 Å². The molecule has 3 rings (SSSR count). The molecule has 0 unspecified atom stereocenters. The highest BCUT2D eigenvalue weighted by Crippen LogP contribution is 2.34. The van der Waals surface area contributed by atoms with E-state index in [0.29, 0.717) is 11.0 Å². The number of aryl methyl sites for hydroxylation is 2. The fourth-order valence-electron chi connectivity index (χ4n) is 2.45. The van der Waals surface area contributed by atoms with Crippen LogP contribution in [-0.2, 0) is 7.05 Å². The number of pyridine rings is 2. The summed E-state index contributed by atoms with van der Waals surface area (Å²) in [6.07, 6.45) is 3.53. The van der Waals surface area contributed by atoms with Crippen molar-refractivity contribution in [3.05, 3.63) is 41.3 Å². The minimum absolute atomic E-state index is 0.490. The molecule has 0 radical (unpaired) electrons. The van der Waals surface area contributed by atoms with Crippen molar-refractivity contribution < 1.29 is 4.74 Å². The van der Waals surface area contributed by atoms with Gasteiger partial charge in [-0.3, -0.25) is 0 Å². The Morgan fingerprint density at radius 3 is 2.80 bits per heavy atom. The van der Waals surface area contributed by atoms with Crippen molar-refractivity contribution >= 4 is 22.5 Å². The minimum Gasteiger partial charge on any atom is -0.480 e. The Hall–Kier alpha value is -2.07. The average molecular weight is 288 g/mol. The molecule has 0 saturated heterocycles. The standard InChI is InChI=1S/C15H14ClN3O/c1-9-4-5-17-15(20-3)14(9)11-6-10-7-13(16)18-8-12(10)19(11)2/h4-8H,1-3H3. The lowest BCUT2D eigenvalue weighted by atomic mass is 10.1. The van der Waals surface area contributed by atoms with Gasteiger partial charge in [-0.1, -0.05) is 11.6 Å². The molecule has 102 valence electrons. The second kappa shape index (κ2) is 4.80. The molecule has 0 aliphatic carbocycles. The minimum atomic E-state index is 0.490. The fourth-order valence-corrected chi connectivity index (χ4v) is 2.61. The van der Waals surface area contributed by atoms with Crippen LogP contribution in [0.15, 0.2) is 30.6 Å². The highest BCUT2D eigenvalue weighted by atomic mass is 35.5. The summed E-state index contributed by atoms with van der Waals surface area (Å²) in [7, 11) is 3.63. The maximum absolute atomic E-state index is 5.96. The third-order valence-corrected chi connectivity index (χ3v) is 3.68. The van der Waals surface area contributed by atoms with Crippen LogP contribution in [0.2, 0.25) is 5.15 Å². The van der Waals surface area contributed by atoms with Gasteiger partial charge < -0.3 is 9.30 Å². The van der Waals surface area contributed by atoms with E-state index < -0.39 is 0 Å². The van der Waals surface area contributed by atoms with Crippen LogP contribution in [0.4, 0.5) is 0 Å². The van der Waals surface area contributed by atoms with Crippen molar-refractivity contribution in [2.75, 3.05) is 7.11 Å². The van der Waals surface area contributed by atoms with Crippen molar-refractivity contribution in [2.24, 2.45) is 7.05 Å². The molecule has 0 spiro atoms. The van der Waals surface area contributed by atoms with E-state index in [4.69, 9.17) is 16.3 Å². The molecule has 0 aliphatic rings. The second-order valence-corrected chi connectivity index (χ2v) is 5.05. The first-order valence-electron chi connectivity index (χ1n) is 6.22. The number of fused-ring (bicyclic) bond motifs is 1. The number of rotatable bonds is 2. The SMILES string of the molecule is COc1nccc(C)c1-c1cc2cc(Cl)ncc2n1C. The third kappa shape index (κ3) is 1.93. The monoisotopic (exact) mass is 287 g/mol. The summed E-state index contributed by atoms with van der Waals surface area (Å²) in [4.78, 5) is 8.42. The highest BCUT2D eigenvalue weighted by molar-refractivity contribution is 6.30. The molecule has 0 saturated carbocycles. The van der Waals surface area contributed by atoms with Crippen molar-refractivity contribution in [3.8, 4) is 17.1 Å². The zero-order valence-corrected chi connectivity index (χ0v) is 12.3. The molecule has 4 nitrogen and oxygen atoms in total. The molecule has 0 aromatic carbocycles. The van der Waals surface area contributed by atoms with E-state index >= 15 is 0 Å². The Balaban J connectivity index is 2.33. The molecule has 3 aromatic heterocycles. The predicted molar refractivity (Wildman–Crippen MR) is 80.2 cm³/mol. The Morgan fingerprint density at radius 1 is 1.25 bits per heavy atom. The lowest BCUT2D eigenvalue weighted by Crippen LogP contribution is -1.98. The highest BCUT2D eigenvalue weighted by Gasteiger charge is 2.15. The Morgan fingerprint density at radius 2 is 2.05 bits per heavy atom. The largest absolute Gasteiger partial charge is 0.480 e. The smallest absolute Gasteiger partial charge is 0.222 e. The maximum Gasteiger partial charge on any atom is 0.222 e. The number of halogens is 1. The van der Waals surface area contributed by atoms with E-state index in [1.807, 2.05) is 26.1 Å². The number of hydrogen-bond acceptors (Lipinski definition) is 3. The molecule has 0 N–H and O–H groups in total. The Bertz CT molecular complexity index is 795. The molecule has 0 atom stereocenters. The number of hydrogen-bond donors (Lipinski definition) is 0. The van der Waals surface area contributed by atoms with Crippen LogP contribution in [-0.4, -0.2) is 21.6 Å². The van der Waals surface area contributed by atoms with Gasteiger partial charge in [-0.2, -0.15) is 0 Å². The fraction of sp³-hybridized carbons (Fsp3) is 0.200. The van der Waals surface area contributed by atoms with Gasteiger partial charge in [0.25, 0.3) is 0 Å². The molecule has 0 bridgehead atoms. The lowest BCUT2D eigenvalue weighted by molar-refractivity contribution is 0.399. The van der Waals surface area contributed by atoms with Crippen LogP contribution in [0.25, 0.3) is 22.2 Å². The summed E-state index contributed by atoms with van der Waals surface area (Å²) in [5.41, 5.74) is 4.16. The van der Waals surface area contributed by atoms with E-state index in [1.54, 1.807) is 19.5 Å². The van der Waals surface area contributed by atoms with Gasteiger partial charge >= 0.3 is 0 Å². The summed E-state index contributed by atoms with van der Waals surface area (Å²) >= 11 is 5.96. The first-order valence-corrected chi connectivity index (χ1v) is 6.60. The number of ether oxygens (including phenoxy) is 1. The number of nitrogens with zero attached hydrogens (tertiary/aromatic N) is 3. The summed E-state index contributed by atoms with van der Waals surface area (Å²) < 4.78 is 7.46. The molecular weight excluding hydrogens is 274 g/mol. The third-order valence-electron chi connectivity index (χ3n) is 3.47. The summed E-state index contributed by atoms with van der Waals surface area (Å²) in [6.45, 7) is 2.04. The van der Waals surface area contributed by atoms with Crippen LogP contribution >= 0.6 is 11.6 Å². The first kappa shape index (κ1) is 12.9. The van der Waals surface area contributed by atoms with Gasteiger partial charge in [0.2, 0.25) is 5.88 Å². The molecule has 0 fully saturated rings. The molecule has 20 heavy (non-hydrogen) atoms. The van der Waals surface area contributed by atoms with Crippen LogP contribution < -0.4 is 4.74 Å².